The second-order valence-corrected chi connectivity index (χ2v) is 9.27. The van der Waals surface area contributed by atoms with Crippen molar-refractivity contribution < 1.29 is 9.59 Å². The van der Waals surface area contributed by atoms with Gasteiger partial charge in [-0.05, 0) is 38.5 Å². The highest BCUT2D eigenvalue weighted by Gasteiger charge is 2.26. The molecule has 0 fully saturated rings. The minimum atomic E-state index is -0.740. The molecular formula is C27H30N6O3. The third-order valence-corrected chi connectivity index (χ3v) is 5.84. The lowest BCUT2D eigenvalue weighted by Gasteiger charge is -2.32. The largest absolute Gasteiger partial charge is 0.398 e. The maximum absolute atomic E-state index is 13.3. The molecule has 0 saturated heterocycles. The first-order chi connectivity index (χ1) is 16.9. The van der Waals surface area contributed by atoms with Crippen LogP contribution >= 0.6 is 0 Å². The Labute approximate surface area is 209 Å². The molecule has 9 heteroatoms. The van der Waals surface area contributed by atoms with E-state index in [1.165, 1.54) is 11.2 Å². The molecule has 0 atom stereocenters. The van der Waals surface area contributed by atoms with Crippen LogP contribution in [0.1, 0.15) is 26.3 Å². The van der Waals surface area contributed by atoms with Crippen LogP contribution in [0.5, 0.6) is 0 Å². The number of carbonyl (C=O) groups is 2. The van der Waals surface area contributed by atoms with Gasteiger partial charge in [-0.3, -0.25) is 23.9 Å². The number of aromatic nitrogens is 2. The van der Waals surface area contributed by atoms with E-state index in [0.29, 0.717) is 22.2 Å². The molecule has 1 aromatic heterocycles. The second kappa shape index (κ2) is 9.99. The smallest absolute Gasteiger partial charge is 0.272 e. The summed E-state index contributed by atoms with van der Waals surface area (Å²) in [6.45, 7) is 13.0. The molecule has 0 unspecified atom stereocenters. The highest BCUT2D eigenvalue weighted by atomic mass is 16.2. The average Bonchev–Trinajstić information content (AvgIpc) is 2.83. The highest BCUT2D eigenvalue weighted by molar-refractivity contribution is 6.15. The molecule has 186 valence electrons. The molecule has 3 rings (SSSR count). The Morgan fingerprint density at radius 1 is 1.19 bits per heavy atom. The van der Waals surface area contributed by atoms with Crippen LogP contribution in [0.25, 0.3) is 27.7 Å². The number of likely N-dealkylation sites (N-methyl/N-ethyl adjacent to an activating group) is 1. The molecule has 2 aromatic carbocycles. The number of rotatable bonds is 6. The number of anilines is 1. The minimum absolute atomic E-state index is 0.128. The van der Waals surface area contributed by atoms with Crippen LogP contribution in [0.3, 0.4) is 0 Å². The molecule has 0 saturated carbocycles. The Hall–Kier alpha value is -4.53. The summed E-state index contributed by atoms with van der Waals surface area (Å²) < 4.78 is 1.04. The molecule has 0 aliphatic heterocycles. The SMILES string of the molecule is C=C(NC(=O)C(=C)n1cnc2c(-c3ccc(C=NC)c(N)c3)cccc2c1=O)C(=O)N(C)C(C)(C)C. The fourth-order valence-corrected chi connectivity index (χ4v) is 3.46. The van der Waals surface area contributed by atoms with Crippen LogP contribution in [0.2, 0.25) is 0 Å². The van der Waals surface area contributed by atoms with Crippen molar-refractivity contribution in [3.8, 4) is 11.1 Å². The Morgan fingerprint density at radius 3 is 2.50 bits per heavy atom. The fraction of sp³-hybridized carbons (Fsp3) is 0.222. The van der Waals surface area contributed by atoms with Gasteiger partial charge in [-0.2, -0.15) is 0 Å². The fourth-order valence-electron chi connectivity index (χ4n) is 3.46. The van der Waals surface area contributed by atoms with Gasteiger partial charge in [0.25, 0.3) is 17.4 Å². The van der Waals surface area contributed by atoms with Crippen LogP contribution in [0.4, 0.5) is 5.69 Å². The van der Waals surface area contributed by atoms with E-state index >= 15 is 0 Å². The number of hydrogen-bond acceptors (Lipinski definition) is 6. The number of benzene rings is 2. The zero-order valence-electron chi connectivity index (χ0n) is 21.1. The monoisotopic (exact) mass is 486 g/mol. The Kier molecular flexibility index (Phi) is 7.24. The molecular weight excluding hydrogens is 456 g/mol. The standard InChI is InChI=1S/C27H30N6O3/c1-16(25(35)32(7)27(3,4)5)31-24(34)17(2)33-15-30-23-20(9-8-10-21(23)26(33)36)18-11-12-19(14-29-6)22(28)13-18/h8-15H,1-2,28H2,3-7H3,(H,31,34). The average molecular weight is 487 g/mol. The summed E-state index contributed by atoms with van der Waals surface area (Å²) in [6, 6.07) is 10.7. The lowest BCUT2D eigenvalue weighted by atomic mass is 10.00. The van der Waals surface area contributed by atoms with E-state index in [9.17, 15) is 14.4 Å². The summed E-state index contributed by atoms with van der Waals surface area (Å²) in [4.78, 5) is 48.5. The van der Waals surface area contributed by atoms with E-state index in [0.717, 1.165) is 15.7 Å². The molecule has 36 heavy (non-hydrogen) atoms. The van der Waals surface area contributed by atoms with Crippen molar-refractivity contribution in [1.82, 2.24) is 19.8 Å². The number of nitrogens with two attached hydrogens (primary N) is 1. The first kappa shape index (κ1) is 26.1. The number of carbonyl (C=O) groups excluding carboxylic acids is 2. The van der Waals surface area contributed by atoms with Crippen LogP contribution in [-0.2, 0) is 9.59 Å². The van der Waals surface area contributed by atoms with Crippen LogP contribution < -0.4 is 16.6 Å². The van der Waals surface area contributed by atoms with E-state index in [1.807, 2.05) is 39.0 Å². The number of hydrogen-bond donors (Lipinski definition) is 2. The van der Waals surface area contributed by atoms with Crippen molar-refractivity contribution in [2.75, 3.05) is 19.8 Å². The summed E-state index contributed by atoms with van der Waals surface area (Å²) in [7, 11) is 3.28. The van der Waals surface area contributed by atoms with Gasteiger partial charge in [0.05, 0.1) is 16.6 Å². The molecule has 0 radical (unpaired) electrons. The van der Waals surface area contributed by atoms with Crippen molar-refractivity contribution >= 4 is 40.3 Å². The summed E-state index contributed by atoms with van der Waals surface area (Å²) in [6.07, 6.45) is 2.91. The number of nitrogens with zero attached hydrogens (tertiary/aromatic N) is 4. The number of nitrogen functional groups attached to an aromatic ring is 1. The molecule has 0 bridgehead atoms. The summed E-state index contributed by atoms with van der Waals surface area (Å²) in [5.41, 5.74) is 8.16. The van der Waals surface area contributed by atoms with Gasteiger partial charge in [-0.15, -0.1) is 0 Å². The first-order valence-electron chi connectivity index (χ1n) is 11.2. The van der Waals surface area contributed by atoms with Crippen LogP contribution in [0, 0.1) is 0 Å². The summed E-state index contributed by atoms with van der Waals surface area (Å²) in [5, 5.41) is 2.72. The number of fused-ring (bicyclic) bond motifs is 1. The van der Waals surface area contributed by atoms with Crippen molar-refractivity contribution in [3.05, 3.63) is 77.5 Å². The molecule has 2 amide bonds. The zero-order valence-corrected chi connectivity index (χ0v) is 21.1. The molecule has 3 aromatic rings. The molecule has 1 heterocycles. The first-order valence-corrected chi connectivity index (χ1v) is 11.2. The van der Waals surface area contributed by atoms with Crippen molar-refractivity contribution in [2.45, 2.75) is 26.3 Å². The van der Waals surface area contributed by atoms with Gasteiger partial charge in [0.1, 0.15) is 12.0 Å². The molecule has 3 N–H and O–H groups in total. The molecule has 0 spiro atoms. The number of aliphatic imine (C=N–C) groups is 1. The van der Waals surface area contributed by atoms with Gasteiger partial charge in [-0.1, -0.05) is 37.4 Å². The minimum Gasteiger partial charge on any atom is -0.398 e. The lowest BCUT2D eigenvalue weighted by Crippen LogP contribution is -2.46. The van der Waals surface area contributed by atoms with E-state index in [1.54, 1.807) is 38.5 Å². The maximum Gasteiger partial charge on any atom is 0.272 e. The molecule has 0 aliphatic carbocycles. The van der Waals surface area contributed by atoms with Gasteiger partial charge in [-0.25, -0.2) is 4.98 Å². The second-order valence-electron chi connectivity index (χ2n) is 9.27. The number of amides is 2. The summed E-state index contributed by atoms with van der Waals surface area (Å²) >= 11 is 0. The van der Waals surface area contributed by atoms with Crippen LogP contribution in [0.15, 0.2) is 71.4 Å². The third kappa shape index (κ3) is 5.10. The number of para-hydroxylation sites is 1. The van der Waals surface area contributed by atoms with E-state index in [2.05, 4.69) is 28.5 Å². The lowest BCUT2D eigenvalue weighted by molar-refractivity contribution is -0.131. The van der Waals surface area contributed by atoms with E-state index < -0.39 is 22.9 Å². The van der Waals surface area contributed by atoms with Crippen molar-refractivity contribution in [2.24, 2.45) is 4.99 Å². The van der Waals surface area contributed by atoms with Crippen LogP contribution in [-0.4, -0.2) is 52.1 Å². The quantitative estimate of drug-likeness (QED) is 0.315. The predicted octanol–water partition coefficient (Wildman–Crippen LogP) is 3.05. The maximum atomic E-state index is 13.3. The normalized spacial score (nSPS) is 11.5. The third-order valence-electron chi connectivity index (χ3n) is 5.84. The Morgan fingerprint density at radius 2 is 1.89 bits per heavy atom. The van der Waals surface area contributed by atoms with Gasteiger partial charge < -0.3 is 16.0 Å². The predicted molar refractivity (Wildman–Crippen MR) is 145 cm³/mol. The molecule has 9 nitrogen and oxygen atoms in total. The van der Waals surface area contributed by atoms with Gasteiger partial charge in [0, 0.05) is 42.7 Å². The van der Waals surface area contributed by atoms with Crippen molar-refractivity contribution in [1.29, 1.82) is 0 Å². The van der Waals surface area contributed by atoms with E-state index in [4.69, 9.17) is 5.73 Å². The Balaban J connectivity index is 1.93. The van der Waals surface area contributed by atoms with Gasteiger partial charge in [0.15, 0.2) is 0 Å². The number of nitrogens with one attached hydrogen (secondary N) is 1. The Bertz CT molecular complexity index is 1480. The van der Waals surface area contributed by atoms with Gasteiger partial charge >= 0.3 is 0 Å². The van der Waals surface area contributed by atoms with Crippen molar-refractivity contribution in [3.63, 3.8) is 0 Å². The topological polar surface area (TPSA) is 123 Å². The molecule has 0 aliphatic rings. The van der Waals surface area contributed by atoms with Gasteiger partial charge in [0.2, 0.25) is 0 Å². The highest BCUT2D eigenvalue weighted by Crippen LogP contribution is 2.28. The van der Waals surface area contributed by atoms with E-state index in [-0.39, 0.29) is 11.4 Å². The summed E-state index contributed by atoms with van der Waals surface area (Å²) in [5.74, 6) is -1.19. The zero-order chi connectivity index (χ0) is 26.8.